The third-order valence-electron chi connectivity index (χ3n) is 3.66. The minimum absolute atomic E-state index is 0.00471. The van der Waals surface area contributed by atoms with Gasteiger partial charge in [-0.1, -0.05) is 12.1 Å². The topological polar surface area (TPSA) is 62.9 Å². The second-order valence-electron chi connectivity index (χ2n) is 6.82. The van der Waals surface area contributed by atoms with Crippen LogP contribution in [0.5, 0.6) is 0 Å². The summed E-state index contributed by atoms with van der Waals surface area (Å²) in [5.74, 6) is 0.178. The van der Waals surface area contributed by atoms with Gasteiger partial charge < -0.3 is 15.8 Å². The van der Waals surface area contributed by atoms with Gasteiger partial charge in [-0.2, -0.15) is 0 Å². The van der Waals surface area contributed by atoms with Crippen molar-refractivity contribution in [1.82, 2.24) is 10.2 Å². The Kier molecular flexibility index (Phi) is 5.96. The highest BCUT2D eigenvalue weighted by molar-refractivity contribution is 5.78. The lowest BCUT2D eigenvalue weighted by Crippen LogP contribution is -2.45. The van der Waals surface area contributed by atoms with Gasteiger partial charge in [-0.15, -0.1) is 0 Å². The molecule has 1 aliphatic heterocycles. The number of morpholine rings is 1. The summed E-state index contributed by atoms with van der Waals surface area (Å²) in [6.45, 7) is 9.56. The first-order valence-corrected chi connectivity index (χ1v) is 8.00. The predicted octanol–water partition coefficient (Wildman–Crippen LogP) is 1.90. The second-order valence-corrected chi connectivity index (χ2v) is 6.82. The molecule has 0 amide bonds. The van der Waals surface area contributed by atoms with E-state index in [2.05, 4.69) is 15.2 Å². The summed E-state index contributed by atoms with van der Waals surface area (Å²) >= 11 is 0. The number of guanidine groups is 1. The van der Waals surface area contributed by atoms with E-state index in [1.165, 1.54) is 6.07 Å². The maximum Gasteiger partial charge on any atom is 0.189 e. The number of benzene rings is 1. The molecule has 0 saturated carbocycles. The number of rotatable bonds is 4. The average Bonchev–Trinajstić information content (AvgIpc) is 2.47. The van der Waals surface area contributed by atoms with Gasteiger partial charge in [-0.05, 0) is 38.5 Å². The monoisotopic (exact) mass is 322 g/mol. The molecule has 1 atom stereocenters. The van der Waals surface area contributed by atoms with Crippen LogP contribution in [0.2, 0.25) is 0 Å². The fourth-order valence-corrected chi connectivity index (χ4v) is 2.64. The molecule has 0 aromatic heterocycles. The Labute approximate surface area is 137 Å². The van der Waals surface area contributed by atoms with Gasteiger partial charge in [0.25, 0.3) is 0 Å². The number of aliphatic imine (C=N–C) groups is 1. The van der Waals surface area contributed by atoms with Crippen LogP contribution in [0.15, 0.2) is 29.3 Å². The average molecular weight is 322 g/mol. The van der Waals surface area contributed by atoms with E-state index >= 15 is 0 Å². The number of halogens is 1. The van der Waals surface area contributed by atoms with Crippen LogP contribution in [0.1, 0.15) is 32.4 Å². The van der Waals surface area contributed by atoms with Gasteiger partial charge in [0.15, 0.2) is 5.96 Å². The molecule has 0 aliphatic carbocycles. The molecule has 23 heavy (non-hydrogen) atoms. The number of ether oxygens (including phenoxy) is 1. The van der Waals surface area contributed by atoms with Gasteiger partial charge in [0.1, 0.15) is 5.82 Å². The molecule has 0 spiro atoms. The number of hydrogen-bond donors (Lipinski definition) is 2. The van der Waals surface area contributed by atoms with Crippen molar-refractivity contribution in [2.75, 3.05) is 32.8 Å². The summed E-state index contributed by atoms with van der Waals surface area (Å²) in [5.41, 5.74) is 6.75. The summed E-state index contributed by atoms with van der Waals surface area (Å²) in [7, 11) is 0. The minimum Gasteiger partial charge on any atom is -0.379 e. The van der Waals surface area contributed by atoms with Crippen LogP contribution < -0.4 is 11.1 Å². The first-order chi connectivity index (χ1) is 10.8. The predicted molar refractivity (Wildman–Crippen MR) is 90.9 cm³/mol. The minimum atomic E-state index is -0.231. The van der Waals surface area contributed by atoms with E-state index in [-0.39, 0.29) is 17.4 Å². The molecule has 2 rings (SSSR count). The van der Waals surface area contributed by atoms with Crippen molar-refractivity contribution in [3.8, 4) is 0 Å². The van der Waals surface area contributed by atoms with Crippen molar-refractivity contribution in [1.29, 1.82) is 0 Å². The Hall–Kier alpha value is -1.66. The highest BCUT2D eigenvalue weighted by Crippen LogP contribution is 2.23. The Morgan fingerprint density at radius 2 is 2.09 bits per heavy atom. The molecule has 1 fully saturated rings. The summed E-state index contributed by atoms with van der Waals surface area (Å²) in [5, 5.41) is 3.15. The highest BCUT2D eigenvalue weighted by atomic mass is 19.1. The van der Waals surface area contributed by atoms with E-state index in [9.17, 15) is 4.39 Å². The molecule has 1 aliphatic rings. The van der Waals surface area contributed by atoms with Crippen molar-refractivity contribution in [3.63, 3.8) is 0 Å². The molecule has 6 heteroatoms. The molecule has 5 nitrogen and oxygen atoms in total. The van der Waals surface area contributed by atoms with E-state index in [0.29, 0.717) is 25.7 Å². The zero-order chi connectivity index (χ0) is 16.9. The van der Waals surface area contributed by atoms with Crippen molar-refractivity contribution in [3.05, 3.63) is 35.6 Å². The maximum absolute atomic E-state index is 13.6. The quantitative estimate of drug-likeness (QED) is 0.656. The molecule has 128 valence electrons. The Morgan fingerprint density at radius 1 is 1.39 bits per heavy atom. The zero-order valence-corrected chi connectivity index (χ0v) is 14.2. The summed E-state index contributed by atoms with van der Waals surface area (Å²) in [4.78, 5) is 6.74. The van der Waals surface area contributed by atoms with Crippen LogP contribution in [0, 0.1) is 5.82 Å². The van der Waals surface area contributed by atoms with Gasteiger partial charge in [0, 0.05) is 18.6 Å². The Balaban J connectivity index is 2.15. The third-order valence-corrected chi connectivity index (χ3v) is 3.66. The van der Waals surface area contributed by atoms with Crippen LogP contribution in [0.3, 0.4) is 0 Å². The van der Waals surface area contributed by atoms with Crippen molar-refractivity contribution < 1.29 is 9.13 Å². The van der Waals surface area contributed by atoms with Crippen LogP contribution in [0.25, 0.3) is 0 Å². The smallest absolute Gasteiger partial charge is 0.189 e. The fourth-order valence-electron chi connectivity index (χ4n) is 2.64. The van der Waals surface area contributed by atoms with Crippen molar-refractivity contribution >= 4 is 5.96 Å². The van der Waals surface area contributed by atoms with Gasteiger partial charge in [0.2, 0.25) is 0 Å². The molecular formula is C17H27FN4O. The van der Waals surface area contributed by atoms with Crippen LogP contribution >= 0.6 is 0 Å². The fraction of sp³-hybridized carbons (Fsp3) is 0.588. The number of hydrogen-bond acceptors (Lipinski definition) is 3. The Morgan fingerprint density at radius 3 is 2.70 bits per heavy atom. The van der Waals surface area contributed by atoms with Gasteiger partial charge in [-0.25, -0.2) is 4.39 Å². The largest absolute Gasteiger partial charge is 0.379 e. The van der Waals surface area contributed by atoms with E-state index in [0.717, 1.165) is 18.7 Å². The van der Waals surface area contributed by atoms with E-state index in [4.69, 9.17) is 10.5 Å². The molecule has 1 heterocycles. The van der Waals surface area contributed by atoms with Gasteiger partial charge in [0.05, 0.1) is 25.8 Å². The lowest BCUT2D eigenvalue weighted by Gasteiger charge is -2.34. The maximum atomic E-state index is 13.6. The first kappa shape index (κ1) is 17.7. The van der Waals surface area contributed by atoms with Gasteiger partial charge in [-0.3, -0.25) is 9.89 Å². The lowest BCUT2D eigenvalue weighted by atomic mass is 10.0. The normalized spacial score (nSPS) is 18.7. The van der Waals surface area contributed by atoms with E-state index in [1.807, 2.05) is 26.8 Å². The second kappa shape index (κ2) is 7.75. The molecular weight excluding hydrogens is 295 g/mol. The summed E-state index contributed by atoms with van der Waals surface area (Å²) in [6, 6.07) is 6.70. The van der Waals surface area contributed by atoms with Crippen molar-refractivity contribution in [2.45, 2.75) is 32.4 Å². The molecule has 3 N–H and O–H groups in total. The van der Waals surface area contributed by atoms with E-state index in [1.54, 1.807) is 12.1 Å². The first-order valence-electron chi connectivity index (χ1n) is 8.00. The third kappa shape index (κ3) is 5.80. The Bertz CT molecular complexity index is 536. The summed E-state index contributed by atoms with van der Waals surface area (Å²) < 4.78 is 19.0. The van der Waals surface area contributed by atoms with Crippen LogP contribution in [-0.2, 0) is 4.74 Å². The van der Waals surface area contributed by atoms with Gasteiger partial charge >= 0.3 is 0 Å². The highest BCUT2D eigenvalue weighted by Gasteiger charge is 2.23. The SMILES string of the molecule is CC(C)(C)NC(N)=NCC(c1cccc(F)c1)N1CCOCC1. The molecule has 0 bridgehead atoms. The summed E-state index contributed by atoms with van der Waals surface area (Å²) in [6.07, 6.45) is 0. The standard InChI is InChI=1S/C17H27FN4O/c1-17(2,3)21-16(19)20-12-15(22-7-9-23-10-8-22)13-5-4-6-14(18)11-13/h4-6,11,15H,7-10,12H2,1-3H3,(H3,19,20,21). The van der Waals surface area contributed by atoms with Crippen LogP contribution in [-0.4, -0.2) is 49.2 Å². The van der Waals surface area contributed by atoms with E-state index < -0.39 is 0 Å². The lowest BCUT2D eigenvalue weighted by molar-refractivity contribution is 0.0179. The number of nitrogens with two attached hydrogens (primary N) is 1. The zero-order valence-electron chi connectivity index (χ0n) is 14.2. The molecule has 1 saturated heterocycles. The number of nitrogens with zero attached hydrogens (tertiary/aromatic N) is 2. The molecule has 1 aromatic carbocycles. The van der Waals surface area contributed by atoms with Crippen molar-refractivity contribution in [2.24, 2.45) is 10.7 Å². The van der Waals surface area contributed by atoms with Crippen LogP contribution in [0.4, 0.5) is 4.39 Å². The number of nitrogens with one attached hydrogen (secondary N) is 1. The molecule has 0 radical (unpaired) electrons. The molecule has 1 unspecified atom stereocenters. The molecule has 1 aromatic rings.